The lowest BCUT2D eigenvalue weighted by Gasteiger charge is -2.36. The molecule has 2 heterocycles. The van der Waals surface area contributed by atoms with Crippen molar-refractivity contribution < 1.29 is 13.9 Å². The minimum Gasteiger partial charge on any atom is -0.497 e. The van der Waals surface area contributed by atoms with Crippen LogP contribution in [-0.4, -0.2) is 54.0 Å². The Morgan fingerprint density at radius 3 is 2.21 bits per heavy atom. The van der Waals surface area contributed by atoms with Crippen LogP contribution >= 0.6 is 11.3 Å². The van der Waals surface area contributed by atoms with Crippen LogP contribution in [0.15, 0.2) is 78.2 Å². The maximum Gasteiger partial charge on any atom is 0.273 e. The Kier molecular flexibility index (Phi) is 8.54. The number of aromatic nitrogens is 1. The molecule has 202 valence electrons. The van der Waals surface area contributed by atoms with Gasteiger partial charge in [0.05, 0.1) is 13.7 Å². The van der Waals surface area contributed by atoms with Gasteiger partial charge in [0.1, 0.15) is 22.3 Å². The third-order valence-corrected chi connectivity index (χ3v) is 7.87. The van der Waals surface area contributed by atoms with Gasteiger partial charge in [-0.15, -0.1) is 11.3 Å². The number of carbonyl (C=O) groups is 1. The zero-order valence-electron chi connectivity index (χ0n) is 22.3. The van der Waals surface area contributed by atoms with Gasteiger partial charge in [-0.3, -0.25) is 9.69 Å². The van der Waals surface area contributed by atoms with E-state index < -0.39 is 0 Å². The van der Waals surface area contributed by atoms with E-state index in [1.165, 1.54) is 34.7 Å². The minimum absolute atomic E-state index is 0.0119. The van der Waals surface area contributed by atoms with Crippen molar-refractivity contribution in [3.05, 3.63) is 111 Å². The van der Waals surface area contributed by atoms with Crippen molar-refractivity contribution in [1.29, 1.82) is 0 Å². The highest BCUT2D eigenvalue weighted by Crippen LogP contribution is 2.23. The molecule has 3 aromatic carbocycles. The Bertz CT molecular complexity index is 1380. The Balaban J connectivity index is 1.24. The monoisotopic (exact) mass is 544 g/mol. The summed E-state index contributed by atoms with van der Waals surface area (Å²) < 4.78 is 18.8. The highest BCUT2D eigenvalue weighted by molar-refractivity contribution is 7.09. The van der Waals surface area contributed by atoms with E-state index in [4.69, 9.17) is 9.72 Å². The van der Waals surface area contributed by atoms with Crippen molar-refractivity contribution >= 4 is 22.9 Å². The summed E-state index contributed by atoms with van der Waals surface area (Å²) >= 11 is 1.51. The minimum atomic E-state index is -0.247. The lowest BCUT2D eigenvalue weighted by atomic mass is 10.1. The molecule has 1 fully saturated rings. The van der Waals surface area contributed by atoms with Gasteiger partial charge in [0.25, 0.3) is 5.91 Å². The number of thiazole rings is 1. The summed E-state index contributed by atoms with van der Waals surface area (Å²) in [4.78, 5) is 24.5. The zero-order valence-corrected chi connectivity index (χ0v) is 23.2. The fraction of sp³-hybridized carbons (Fsp3) is 0.290. The second-order valence-corrected chi connectivity index (χ2v) is 10.8. The van der Waals surface area contributed by atoms with Gasteiger partial charge >= 0.3 is 0 Å². The Morgan fingerprint density at radius 1 is 0.923 bits per heavy atom. The van der Waals surface area contributed by atoms with Crippen molar-refractivity contribution in [3.63, 3.8) is 0 Å². The van der Waals surface area contributed by atoms with Crippen LogP contribution in [0.2, 0.25) is 0 Å². The number of hydrogen-bond donors (Lipinski definition) is 0. The summed E-state index contributed by atoms with van der Waals surface area (Å²) in [6, 6.07) is 23.0. The average Bonchev–Trinajstić information content (AvgIpc) is 3.43. The molecule has 4 aromatic rings. The third-order valence-electron chi connectivity index (χ3n) is 7.04. The van der Waals surface area contributed by atoms with Crippen molar-refractivity contribution in [2.75, 3.05) is 38.2 Å². The Morgan fingerprint density at radius 2 is 1.56 bits per heavy atom. The van der Waals surface area contributed by atoms with E-state index in [1.54, 1.807) is 7.11 Å². The first kappa shape index (κ1) is 26.8. The number of halogens is 1. The average molecular weight is 545 g/mol. The fourth-order valence-corrected chi connectivity index (χ4v) is 5.72. The van der Waals surface area contributed by atoms with Gasteiger partial charge in [0, 0.05) is 50.3 Å². The van der Waals surface area contributed by atoms with Gasteiger partial charge in [-0.2, -0.15) is 0 Å². The predicted molar refractivity (Wildman–Crippen MR) is 154 cm³/mol. The van der Waals surface area contributed by atoms with Gasteiger partial charge in [0.15, 0.2) is 0 Å². The van der Waals surface area contributed by atoms with Gasteiger partial charge in [-0.25, -0.2) is 9.37 Å². The summed E-state index contributed by atoms with van der Waals surface area (Å²) in [7, 11) is 1.65. The topological polar surface area (TPSA) is 48.9 Å². The number of amides is 1. The number of benzene rings is 3. The zero-order chi connectivity index (χ0) is 27.2. The van der Waals surface area contributed by atoms with Crippen molar-refractivity contribution in [2.45, 2.75) is 26.6 Å². The smallest absolute Gasteiger partial charge is 0.273 e. The van der Waals surface area contributed by atoms with E-state index in [1.807, 2.05) is 46.7 Å². The largest absolute Gasteiger partial charge is 0.497 e. The second kappa shape index (κ2) is 12.4. The molecule has 0 N–H and O–H groups in total. The number of rotatable bonds is 9. The van der Waals surface area contributed by atoms with E-state index in [0.717, 1.165) is 35.0 Å². The Hall–Kier alpha value is -3.75. The standard InChI is InChI=1S/C31H33FN4O2S/c1-23-5-3-4-6-29(23)35-15-17-36(18-16-35)31(37)28-22-39-30(33-28)21-34(19-24-7-11-26(32)12-8-24)20-25-9-13-27(38-2)14-10-25/h3-14,22H,15-21H2,1-2H3. The van der Waals surface area contributed by atoms with E-state index in [0.29, 0.717) is 38.4 Å². The molecule has 1 aliphatic heterocycles. The number of hydrogen-bond acceptors (Lipinski definition) is 6. The SMILES string of the molecule is COc1ccc(CN(Cc2ccc(F)cc2)Cc2nc(C(=O)N3CCN(c4ccccc4C)CC3)cs2)cc1. The molecular weight excluding hydrogens is 511 g/mol. The number of methoxy groups -OCH3 is 1. The number of carbonyl (C=O) groups excluding carboxylic acids is 1. The number of piperazine rings is 1. The van der Waals surface area contributed by atoms with Crippen LogP contribution < -0.4 is 9.64 Å². The van der Waals surface area contributed by atoms with Crippen LogP contribution in [-0.2, 0) is 19.6 Å². The first-order chi connectivity index (χ1) is 19.0. The molecular formula is C31H33FN4O2S. The molecule has 0 radical (unpaired) electrons. The molecule has 1 amide bonds. The third kappa shape index (κ3) is 6.82. The van der Waals surface area contributed by atoms with E-state index in [2.05, 4.69) is 41.0 Å². The summed E-state index contributed by atoms with van der Waals surface area (Å²) in [6.45, 7) is 6.99. The van der Waals surface area contributed by atoms with Crippen molar-refractivity contribution in [1.82, 2.24) is 14.8 Å². The highest BCUT2D eigenvalue weighted by atomic mass is 32.1. The normalized spacial score (nSPS) is 13.6. The van der Waals surface area contributed by atoms with Crippen LogP contribution in [0, 0.1) is 12.7 Å². The van der Waals surface area contributed by atoms with Crippen molar-refractivity contribution in [3.8, 4) is 5.75 Å². The van der Waals surface area contributed by atoms with E-state index >= 15 is 0 Å². The highest BCUT2D eigenvalue weighted by Gasteiger charge is 2.25. The molecule has 8 heteroatoms. The number of anilines is 1. The molecule has 0 unspecified atom stereocenters. The molecule has 1 aliphatic rings. The van der Waals surface area contributed by atoms with Gasteiger partial charge in [-0.1, -0.05) is 42.5 Å². The molecule has 0 spiro atoms. The summed E-state index contributed by atoms with van der Waals surface area (Å²) in [5.74, 6) is 0.553. The van der Waals surface area contributed by atoms with Crippen LogP contribution in [0.3, 0.4) is 0 Å². The Labute approximate surface area is 233 Å². The van der Waals surface area contributed by atoms with E-state index in [-0.39, 0.29) is 11.7 Å². The molecule has 0 atom stereocenters. The van der Waals surface area contributed by atoms with Gasteiger partial charge in [-0.05, 0) is 53.9 Å². The van der Waals surface area contributed by atoms with Crippen LogP contribution in [0.1, 0.15) is 32.2 Å². The van der Waals surface area contributed by atoms with E-state index in [9.17, 15) is 9.18 Å². The molecule has 6 nitrogen and oxygen atoms in total. The number of nitrogens with zero attached hydrogens (tertiary/aromatic N) is 4. The second-order valence-electron chi connectivity index (χ2n) is 9.81. The summed E-state index contributed by atoms with van der Waals surface area (Å²) in [5, 5.41) is 2.75. The summed E-state index contributed by atoms with van der Waals surface area (Å²) in [6.07, 6.45) is 0. The fourth-order valence-electron chi connectivity index (χ4n) is 4.91. The molecule has 39 heavy (non-hydrogen) atoms. The molecule has 1 saturated heterocycles. The van der Waals surface area contributed by atoms with Crippen molar-refractivity contribution in [2.24, 2.45) is 0 Å². The van der Waals surface area contributed by atoms with Crippen LogP contribution in [0.4, 0.5) is 10.1 Å². The van der Waals surface area contributed by atoms with Gasteiger partial charge in [0.2, 0.25) is 0 Å². The molecule has 0 bridgehead atoms. The summed E-state index contributed by atoms with van der Waals surface area (Å²) in [5.41, 5.74) is 5.15. The first-order valence-electron chi connectivity index (χ1n) is 13.1. The molecule has 1 aromatic heterocycles. The van der Waals surface area contributed by atoms with Crippen LogP contribution in [0.25, 0.3) is 0 Å². The number of para-hydroxylation sites is 1. The maximum absolute atomic E-state index is 13.5. The number of ether oxygens (including phenoxy) is 1. The molecule has 0 aliphatic carbocycles. The first-order valence-corrected chi connectivity index (χ1v) is 14.0. The number of aryl methyl sites for hydroxylation is 1. The quantitative estimate of drug-likeness (QED) is 0.268. The maximum atomic E-state index is 13.5. The lowest BCUT2D eigenvalue weighted by Crippen LogP contribution is -2.49. The lowest BCUT2D eigenvalue weighted by molar-refractivity contribution is 0.0741. The molecule has 5 rings (SSSR count). The molecule has 0 saturated carbocycles. The predicted octanol–water partition coefficient (Wildman–Crippen LogP) is 5.76. The van der Waals surface area contributed by atoms with Crippen LogP contribution in [0.5, 0.6) is 5.75 Å². The van der Waals surface area contributed by atoms with Gasteiger partial charge < -0.3 is 14.5 Å².